The number of ether oxygens (including phenoxy) is 1. The molecule has 4 nitrogen and oxygen atoms in total. The fourth-order valence-corrected chi connectivity index (χ4v) is 2.05. The fraction of sp³-hybridized carbons (Fsp3) is 0.933. The van der Waals surface area contributed by atoms with Crippen LogP contribution in [0.3, 0.4) is 0 Å². The van der Waals surface area contributed by atoms with Crippen LogP contribution in [0.25, 0.3) is 0 Å². The van der Waals surface area contributed by atoms with Gasteiger partial charge < -0.3 is 14.7 Å². The molecule has 2 atom stereocenters. The van der Waals surface area contributed by atoms with E-state index < -0.39 is 0 Å². The van der Waals surface area contributed by atoms with Crippen molar-refractivity contribution in [3.05, 3.63) is 0 Å². The Hall–Kier alpha value is -0.610. The minimum Gasteiger partial charge on any atom is -0.393 e. The molecular formula is C15H29NO3. The molecule has 1 aliphatic rings. The molecule has 4 heteroatoms. The molecule has 1 rings (SSSR count). The minimum atomic E-state index is -0.249. The molecule has 2 unspecified atom stereocenters. The van der Waals surface area contributed by atoms with Crippen LogP contribution in [0.1, 0.15) is 66.2 Å². The van der Waals surface area contributed by atoms with Crippen LogP contribution >= 0.6 is 0 Å². The Labute approximate surface area is 117 Å². The zero-order valence-electron chi connectivity index (χ0n) is 12.8. The van der Waals surface area contributed by atoms with E-state index in [1.165, 1.54) is 12.8 Å². The number of aliphatic hydroxyl groups is 1. The minimum absolute atomic E-state index is 0.102. The second kappa shape index (κ2) is 7.85. The largest absolute Gasteiger partial charge is 0.393 e. The molecule has 0 aromatic rings. The monoisotopic (exact) mass is 271 g/mol. The molecule has 0 spiro atoms. The number of hydrogen-bond donors (Lipinski definition) is 1. The van der Waals surface area contributed by atoms with Crippen molar-refractivity contribution < 1.29 is 14.7 Å². The molecule has 0 aromatic heterocycles. The lowest BCUT2D eigenvalue weighted by molar-refractivity contribution is -0.00473. The van der Waals surface area contributed by atoms with E-state index in [-0.39, 0.29) is 17.8 Å². The summed E-state index contributed by atoms with van der Waals surface area (Å²) in [5.41, 5.74) is 0.791. The summed E-state index contributed by atoms with van der Waals surface area (Å²) in [6, 6.07) is 0. The van der Waals surface area contributed by atoms with E-state index in [1.807, 2.05) is 27.7 Å². The summed E-state index contributed by atoms with van der Waals surface area (Å²) < 4.78 is 5.89. The number of oxime groups is 1. The van der Waals surface area contributed by atoms with Gasteiger partial charge in [0.25, 0.3) is 0 Å². The van der Waals surface area contributed by atoms with Crippen molar-refractivity contribution >= 4 is 5.71 Å². The predicted octanol–water partition coefficient (Wildman–Crippen LogP) is 3.28. The highest BCUT2D eigenvalue weighted by Crippen LogP contribution is 2.20. The van der Waals surface area contributed by atoms with E-state index >= 15 is 0 Å². The first kappa shape index (κ1) is 16.4. The second-order valence-corrected chi connectivity index (χ2v) is 6.38. The van der Waals surface area contributed by atoms with Gasteiger partial charge in [0.1, 0.15) is 5.60 Å². The normalized spacial score (nSPS) is 24.5. The highest BCUT2D eigenvalue weighted by atomic mass is 16.6. The lowest BCUT2D eigenvalue weighted by atomic mass is 9.95. The van der Waals surface area contributed by atoms with Gasteiger partial charge in [0.2, 0.25) is 0 Å². The second-order valence-electron chi connectivity index (χ2n) is 6.38. The third-order valence-corrected chi connectivity index (χ3v) is 3.04. The van der Waals surface area contributed by atoms with Crippen molar-refractivity contribution in [2.45, 2.75) is 84.0 Å². The summed E-state index contributed by atoms with van der Waals surface area (Å²) in [7, 11) is 0. The molecular weight excluding hydrogens is 242 g/mol. The first-order valence-electron chi connectivity index (χ1n) is 7.43. The molecule has 0 saturated heterocycles. The Morgan fingerprint density at radius 1 is 1.37 bits per heavy atom. The first-order chi connectivity index (χ1) is 8.88. The summed E-state index contributed by atoms with van der Waals surface area (Å²) >= 11 is 0. The topological polar surface area (TPSA) is 51.0 Å². The van der Waals surface area contributed by atoms with Crippen LogP contribution in [-0.2, 0) is 9.57 Å². The Morgan fingerprint density at radius 3 is 2.74 bits per heavy atom. The summed E-state index contributed by atoms with van der Waals surface area (Å²) in [6.45, 7) is 8.49. The summed E-state index contributed by atoms with van der Waals surface area (Å²) in [6.07, 6.45) is 5.89. The van der Waals surface area contributed by atoms with Crippen molar-refractivity contribution in [1.29, 1.82) is 0 Å². The molecule has 1 N–H and O–H groups in total. The number of hydrogen-bond acceptors (Lipinski definition) is 4. The average molecular weight is 271 g/mol. The lowest BCUT2D eigenvalue weighted by Crippen LogP contribution is -2.30. The van der Waals surface area contributed by atoms with Crippen molar-refractivity contribution in [1.82, 2.24) is 0 Å². The van der Waals surface area contributed by atoms with Crippen molar-refractivity contribution in [3.63, 3.8) is 0 Å². The smallest absolute Gasteiger partial charge is 0.129 e. The van der Waals surface area contributed by atoms with Crippen molar-refractivity contribution in [2.24, 2.45) is 5.16 Å². The van der Waals surface area contributed by atoms with Gasteiger partial charge in [0.15, 0.2) is 0 Å². The highest BCUT2D eigenvalue weighted by molar-refractivity contribution is 5.88. The number of aliphatic hydroxyl groups excluding tert-OH is 1. The maximum atomic E-state index is 9.22. The molecule has 0 radical (unpaired) electrons. The molecule has 0 aromatic carbocycles. The summed E-state index contributed by atoms with van der Waals surface area (Å²) in [5, 5.41) is 13.5. The Balaban J connectivity index is 2.39. The predicted molar refractivity (Wildman–Crippen MR) is 77.4 cm³/mol. The quantitative estimate of drug-likeness (QED) is 0.596. The van der Waals surface area contributed by atoms with Gasteiger partial charge in [-0.2, -0.15) is 0 Å². The van der Waals surface area contributed by atoms with E-state index in [0.717, 1.165) is 31.4 Å². The van der Waals surface area contributed by atoms with Gasteiger partial charge in [-0.05, 0) is 59.8 Å². The summed E-state index contributed by atoms with van der Waals surface area (Å²) in [5.74, 6) is 0. The van der Waals surface area contributed by atoms with Crippen LogP contribution in [0.5, 0.6) is 0 Å². The van der Waals surface area contributed by atoms with Crippen LogP contribution < -0.4 is 0 Å². The van der Waals surface area contributed by atoms with Gasteiger partial charge in [-0.15, -0.1) is 0 Å². The molecule has 1 aliphatic carbocycles. The van der Waals surface area contributed by atoms with Crippen molar-refractivity contribution in [2.75, 3.05) is 6.61 Å². The highest BCUT2D eigenvalue weighted by Gasteiger charge is 2.23. The maximum absolute atomic E-state index is 9.22. The molecule has 0 amide bonds. The van der Waals surface area contributed by atoms with Gasteiger partial charge in [0, 0.05) is 6.61 Å². The number of rotatable bonds is 6. The maximum Gasteiger partial charge on any atom is 0.129 e. The third kappa shape index (κ3) is 7.53. The molecule has 112 valence electrons. The van der Waals surface area contributed by atoms with E-state index in [2.05, 4.69) is 5.16 Å². The van der Waals surface area contributed by atoms with E-state index in [0.29, 0.717) is 6.61 Å². The molecule has 1 fully saturated rings. The molecule has 0 bridgehead atoms. The molecule has 0 heterocycles. The van der Waals surface area contributed by atoms with Gasteiger partial charge in [0.05, 0.1) is 17.9 Å². The Bertz CT molecular complexity index is 282. The fourth-order valence-electron chi connectivity index (χ4n) is 2.05. The van der Waals surface area contributed by atoms with Gasteiger partial charge >= 0.3 is 0 Å². The van der Waals surface area contributed by atoms with E-state index in [4.69, 9.17) is 9.57 Å². The van der Waals surface area contributed by atoms with E-state index in [9.17, 15) is 5.11 Å². The van der Waals surface area contributed by atoms with E-state index in [1.54, 1.807) is 0 Å². The molecule has 1 saturated carbocycles. The average Bonchev–Trinajstić information content (AvgIpc) is 2.32. The van der Waals surface area contributed by atoms with Crippen LogP contribution in [0.15, 0.2) is 5.16 Å². The zero-order valence-corrected chi connectivity index (χ0v) is 12.8. The van der Waals surface area contributed by atoms with Crippen LogP contribution in [0.4, 0.5) is 0 Å². The van der Waals surface area contributed by atoms with Crippen LogP contribution in [0, 0.1) is 0 Å². The lowest BCUT2D eigenvalue weighted by Gasteiger charge is -2.25. The van der Waals surface area contributed by atoms with Crippen molar-refractivity contribution in [3.8, 4) is 0 Å². The van der Waals surface area contributed by atoms with Crippen LogP contribution in [-0.4, -0.2) is 35.2 Å². The Morgan fingerprint density at radius 2 is 2.11 bits per heavy atom. The zero-order chi connectivity index (χ0) is 14.3. The van der Waals surface area contributed by atoms with Gasteiger partial charge in [-0.25, -0.2) is 0 Å². The SMILES string of the molecule is CC(O)CCCOC1CCCCC1=NOC(C)(C)C. The standard InChI is InChI=1S/C15H29NO3/c1-12(17)8-7-11-18-14-10-6-5-9-13(14)16-19-15(2,3)4/h12,14,17H,5-11H2,1-4H3. The summed E-state index contributed by atoms with van der Waals surface area (Å²) in [4.78, 5) is 5.51. The van der Waals surface area contributed by atoms with Gasteiger partial charge in [-0.1, -0.05) is 11.6 Å². The molecule has 19 heavy (non-hydrogen) atoms. The first-order valence-corrected chi connectivity index (χ1v) is 7.43. The number of nitrogens with zero attached hydrogens (tertiary/aromatic N) is 1. The molecule has 0 aliphatic heterocycles. The Kier molecular flexibility index (Phi) is 6.80. The van der Waals surface area contributed by atoms with Gasteiger partial charge in [-0.3, -0.25) is 0 Å². The van der Waals surface area contributed by atoms with Crippen LogP contribution in [0.2, 0.25) is 0 Å². The third-order valence-electron chi connectivity index (χ3n) is 3.04.